The highest BCUT2D eigenvalue weighted by molar-refractivity contribution is 5.94. The van der Waals surface area contributed by atoms with E-state index in [1.54, 1.807) is 0 Å². The molecule has 0 spiro atoms. The molecule has 0 saturated carbocycles. The quantitative estimate of drug-likeness (QED) is 0.694. The highest BCUT2D eigenvalue weighted by Crippen LogP contribution is 2.18. The van der Waals surface area contributed by atoms with Crippen molar-refractivity contribution in [2.75, 3.05) is 33.2 Å². The number of amides is 1. The van der Waals surface area contributed by atoms with Crippen LogP contribution in [0.15, 0.2) is 23.4 Å². The molecule has 0 radical (unpaired) electrons. The van der Waals surface area contributed by atoms with E-state index in [0.29, 0.717) is 0 Å². The summed E-state index contributed by atoms with van der Waals surface area (Å²) in [4.78, 5) is 16.3. The van der Waals surface area contributed by atoms with Crippen LogP contribution in [-0.4, -0.2) is 48.9 Å². The zero-order valence-electron chi connectivity index (χ0n) is 9.78. The largest absolute Gasteiger partial charge is 0.402 e. The summed E-state index contributed by atoms with van der Waals surface area (Å²) in [5.41, 5.74) is 7.45. The standard InChI is InChI=1S/C12H19N3O/c1-14-6-8-15(9-7-14)12(16)10-2-4-11(13)5-3-10/h2,4H,3,5-9,13H2,1H3. The fraction of sp³-hybridized carbons (Fsp3) is 0.583. The van der Waals surface area contributed by atoms with Gasteiger partial charge < -0.3 is 15.5 Å². The van der Waals surface area contributed by atoms with Gasteiger partial charge in [0.15, 0.2) is 0 Å². The zero-order chi connectivity index (χ0) is 11.5. The van der Waals surface area contributed by atoms with Crippen molar-refractivity contribution < 1.29 is 4.79 Å². The third-order valence-electron chi connectivity index (χ3n) is 3.25. The first kappa shape index (κ1) is 11.2. The monoisotopic (exact) mass is 221 g/mol. The SMILES string of the molecule is CN1CCN(C(=O)C2=CC=C(N)CC2)CC1. The Kier molecular flexibility index (Phi) is 3.29. The van der Waals surface area contributed by atoms with E-state index in [9.17, 15) is 4.79 Å². The molecule has 88 valence electrons. The van der Waals surface area contributed by atoms with Gasteiger partial charge in [-0.25, -0.2) is 0 Å². The van der Waals surface area contributed by atoms with E-state index >= 15 is 0 Å². The average Bonchev–Trinajstić information content (AvgIpc) is 2.30. The van der Waals surface area contributed by atoms with E-state index < -0.39 is 0 Å². The van der Waals surface area contributed by atoms with Gasteiger partial charge in [0.05, 0.1) is 0 Å². The summed E-state index contributed by atoms with van der Waals surface area (Å²) >= 11 is 0. The number of piperazine rings is 1. The smallest absolute Gasteiger partial charge is 0.249 e. The van der Waals surface area contributed by atoms with Gasteiger partial charge in [-0.15, -0.1) is 0 Å². The number of hydrogen-bond donors (Lipinski definition) is 1. The molecule has 1 aliphatic carbocycles. The second-order valence-corrected chi connectivity index (χ2v) is 4.53. The van der Waals surface area contributed by atoms with Crippen molar-refractivity contribution in [3.63, 3.8) is 0 Å². The molecule has 1 heterocycles. The van der Waals surface area contributed by atoms with E-state index in [4.69, 9.17) is 5.73 Å². The number of carbonyl (C=O) groups excluding carboxylic acids is 1. The Hall–Kier alpha value is -1.29. The zero-order valence-corrected chi connectivity index (χ0v) is 9.78. The van der Waals surface area contributed by atoms with E-state index in [-0.39, 0.29) is 5.91 Å². The van der Waals surface area contributed by atoms with Crippen molar-refractivity contribution >= 4 is 5.91 Å². The summed E-state index contributed by atoms with van der Waals surface area (Å²) in [5.74, 6) is 0.192. The number of rotatable bonds is 1. The van der Waals surface area contributed by atoms with Crippen LogP contribution in [0, 0.1) is 0 Å². The molecule has 0 aromatic rings. The van der Waals surface area contributed by atoms with E-state index in [1.807, 2.05) is 17.1 Å². The summed E-state index contributed by atoms with van der Waals surface area (Å²) in [6.45, 7) is 3.62. The van der Waals surface area contributed by atoms with Crippen molar-refractivity contribution in [2.24, 2.45) is 5.73 Å². The summed E-state index contributed by atoms with van der Waals surface area (Å²) in [5, 5.41) is 0. The molecule has 16 heavy (non-hydrogen) atoms. The van der Waals surface area contributed by atoms with Gasteiger partial charge >= 0.3 is 0 Å². The first-order valence-corrected chi connectivity index (χ1v) is 5.80. The molecular formula is C12H19N3O. The Morgan fingerprint density at radius 3 is 2.44 bits per heavy atom. The topological polar surface area (TPSA) is 49.6 Å². The van der Waals surface area contributed by atoms with Crippen LogP contribution in [0.2, 0.25) is 0 Å². The Bertz CT molecular complexity index is 338. The molecule has 1 amide bonds. The minimum absolute atomic E-state index is 0.192. The van der Waals surface area contributed by atoms with Gasteiger partial charge in [-0.2, -0.15) is 0 Å². The molecule has 4 nitrogen and oxygen atoms in total. The van der Waals surface area contributed by atoms with Crippen molar-refractivity contribution in [2.45, 2.75) is 12.8 Å². The number of nitrogens with two attached hydrogens (primary N) is 1. The number of allylic oxidation sites excluding steroid dienone is 3. The average molecular weight is 221 g/mol. The summed E-state index contributed by atoms with van der Waals surface area (Å²) in [7, 11) is 2.09. The van der Waals surface area contributed by atoms with Crippen LogP contribution in [0.3, 0.4) is 0 Å². The molecule has 2 N–H and O–H groups in total. The summed E-state index contributed by atoms with van der Waals surface area (Å²) in [6.07, 6.45) is 5.32. The molecule has 1 saturated heterocycles. The number of likely N-dealkylation sites (N-methyl/N-ethyl adjacent to an activating group) is 1. The van der Waals surface area contributed by atoms with E-state index in [2.05, 4.69) is 11.9 Å². The van der Waals surface area contributed by atoms with Crippen LogP contribution >= 0.6 is 0 Å². The molecule has 0 unspecified atom stereocenters. The molecular weight excluding hydrogens is 202 g/mol. The Morgan fingerprint density at radius 1 is 1.19 bits per heavy atom. The normalized spacial score (nSPS) is 22.7. The van der Waals surface area contributed by atoms with Crippen LogP contribution in [-0.2, 0) is 4.79 Å². The Morgan fingerprint density at radius 2 is 1.88 bits per heavy atom. The Labute approximate surface area is 96.4 Å². The van der Waals surface area contributed by atoms with Crippen LogP contribution in [0.1, 0.15) is 12.8 Å². The van der Waals surface area contributed by atoms with Crippen molar-refractivity contribution in [1.82, 2.24) is 9.80 Å². The number of hydrogen-bond acceptors (Lipinski definition) is 3. The Balaban J connectivity index is 1.98. The predicted octanol–water partition coefficient (Wildman–Crippen LogP) is 0.323. The molecule has 2 aliphatic rings. The first-order chi connectivity index (χ1) is 7.66. The third-order valence-corrected chi connectivity index (χ3v) is 3.25. The molecule has 1 aliphatic heterocycles. The van der Waals surface area contributed by atoms with Crippen LogP contribution in [0.25, 0.3) is 0 Å². The van der Waals surface area contributed by atoms with Gasteiger partial charge in [-0.1, -0.05) is 6.08 Å². The van der Waals surface area contributed by atoms with Gasteiger partial charge in [0.1, 0.15) is 0 Å². The van der Waals surface area contributed by atoms with E-state index in [0.717, 1.165) is 50.3 Å². The maximum absolute atomic E-state index is 12.1. The lowest BCUT2D eigenvalue weighted by atomic mass is 10.0. The summed E-state index contributed by atoms with van der Waals surface area (Å²) in [6, 6.07) is 0. The van der Waals surface area contributed by atoms with Crippen LogP contribution < -0.4 is 5.73 Å². The fourth-order valence-electron chi connectivity index (χ4n) is 2.04. The highest BCUT2D eigenvalue weighted by atomic mass is 16.2. The molecule has 0 aromatic carbocycles. The second kappa shape index (κ2) is 4.70. The van der Waals surface area contributed by atoms with E-state index in [1.165, 1.54) is 0 Å². The van der Waals surface area contributed by atoms with Crippen LogP contribution in [0.5, 0.6) is 0 Å². The minimum atomic E-state index is 0.192. The molecule has 4 heteroatoms. The van der Waals surface area contributed by atoms with Crippen LogP contribution in [0.4, 0.5) is 0 Å². The maximum atomic E-state index is 12.1. The molecule has 2 rings (SSSR count). The minimum Gasteiger partial charge on any atom is -0.402 e. The maximum Gasteiger partial charge on any atom is 0.249 e. The van der Waals surface area contributed by atoms with Gasteiger partial charge in [0.25, 0.3) is 0 Å². The van der Waals surface area contributed by atoms with Crippen molar-refractivity contribution in [3.05, 3.63) is 23.4 Å². The second-order valence-electron chi connectivity index (χ2n) is 4.53. The predicted molar refractivity (Wildman–Crippen MR) is 63.7 cm³/mol. The van der Waals surface area contributed by atoms with Gasteiger partial charge in [-0.3, -0.25) is 4.79 Å². The molecule has 0 bridgehead atoms. The van der Waals surface area contributed by atoms with Crippen molar-refractivity contribution in [3.8, 4) is 0 Å². The van der Waals surface area contributed by atoms with Gasteiger partial charge in [-0.05, 0) is 26.0 Å². The number of nitrogens with zero attached hydrogens (tertiary/aromatic N) is 2. The molecule has 0 aromatic heterocycles. The lowest BCUT2D eigenvalue weighted by molar-refractivity contribution is -0.128. The fourth-order valence-corrected chi connectivity index (χ4v) is 2.04. The lowest BCUT2D eigenvalue weighted by Crippen LogP contribution is -2.47. The van der Waals surface area contributed by atoms with Gasteiger partial charge in [0.2, 0.25) is 5.91 Å². The lowest BCUT2D eigenvalue weighted by Gasteiger charge is -2.33. The molecule has 1 fully saturated rings. The highest BCUT2D eigenvalue weighted by Gasteiger charge is 2.22. The van der Waals surface area contributed by atoms with Gasteiger partial charge in [0, 0.05) is 37.4 Å². The third kappa shape index (κ3) is 2.44. The number of carbonyl (C=O) groups is 1. The first-order valence-electron chi connectivity index (χ1n) is 5.80. The molecule has 0 atom stereocenters. The summed E-state index contributed by atoms with van der Waals surface area (Å²) < 4.78 is 0. The van der Waals surface area contributed by atoms with Crippen molar-refractivity contribution in [1.29, 1.82) is 0 Å².